The summed E-state index contributed by atoms with van der Waals surface area (Å²) in [5.41, 5.74) is 0. The first-order valence-electron chi connectivity index (χ1n) is 5.67. The molecule has 0 fully saturated rings. The molecule has 0 bridgehead atoms. The van der Waals surface area contributed by atoms with Crippen molar-refractivity contribution in [2.45, 2.75) is 45.3 Å². The van der Waals surface area contributed by atoms with E-state index in [-0.39, 0.29) is 18.4 Å². The minimum absolute atomic E-state index is 0.000402. The van der Waals surface area contributed by atoms with Crippen LogP contribution in [0.25, 0.3) is 0 Å². The van der Waals surface area contributed by atoms with Crippen LogP contribution in [-0.2, 0) is 14.3 Å². The molecule has 17 heavy (non-hydrogen) atoms. The molecule has 0 aliphatic carbocycles. The number of aliphatic carboxylic acids is 1. The molecular weight excluding hydrogens is 222 g/mol. The normalized spacial score (nSPS) is 14.5. The van der Waals surface area contributed by atoms with Crippen molar-refractivity contribution in [2.75, 3.05) is 7.11 Å². The van der Waals surface area contributed by atoms with Crippen molar-refractivity contribution in [2.24, 2.45) is 0 Å². The van der Waals surface area contributed by atoms with Crippen LogP contribution in [0.3, 0.4) is 0 Å². The minimum atomic E-state index is -1.02. The number of hydrogen-bond acceptors (Lipinski definition) is 3. The van der Waals surface area contributed by atoms with Gasteiger partial charge in [-0.2, -0.15) is 0 Å². The zero-order chi connectivity index (χ0) is 13.3. The van der Waals surface area contributed by atoms with Gasteiger partial charge in [0.15, 0.2) is 0 Å². The van der Waals surface area contributed by atoms with Crippen LogP contribution < -0.4 is 5.32 Å². The van der Waals surface area contributed by atoms with E-state index in [0.29, 0.717) is 12.8 Å². The standard InChI is InChI=1S/C12H21NO4/c1-4-5-6-10(12(15)16)13-11(14)8-7-9(2)17-3/h4-5,9-10H,6-8H2,1-3H3,(H,13,14)(H,15,16)/b5-4+. The number of amides is 1. The molecule has 0 aliphatic rings. The predicted molar refractivity (Wildman–Crippen MR) is 64.7 cm³/mol. The molecule has 0 heterocycles. The molecule has 0 aromatic heterocycles. The number of carboxylic acid groups (broad SMARTS) is 1. The summed E-state index contributed by atoms with van der Waals surface area (Å²) >= 11 is 0. The van der Waals surface area contributed by atoms with E-state index in [1.165, 1.54) is 0 Å². The Morgan fingerprint density at radius 1 is 1.47 bits per heavy atom. The number of methoxy groups -OCH3 is 1. The van der Waals surface area contributed by atoms with Crippen molar-refractivity contribution < 1.29 is 19.4 Å². The number of rotatable bonds is 8. The van der Waals surface area contributed by atoms with Crippen LogP contribution in [0.5, 0.6) is 0 Å². The average molecular weight is 243 g/mol. The average Bonchev–Trinajstić information content (AvgIpc) is 2.30. The summed E-state index contributed by atoms with van der Waals surface area (Å²) < 4.78 is 5.01. The monoisotopic (exact) mass is 243 g/mol. The predicted octanol–water partition coefficient (Wildman–Crippen LogP) is 1.34. The molecular formula is C12H21NO4. The highest BCUT2D eigenvalue weighted by atomic mass is 16.5. The molecule has 2 N–H and O–H groups in total. The zero-order valence-corrected chi connectivity index (χ0v) is 10.6. The molecule has 98 valence electrons. The number of allylic oxidation sites excluding steroid dienone is 1. The Balaban J connectivity index is 4.08. The van der Waals surface area contributed by atoms with Crippen LogP contribution in [0.15, 0.2) is 12.2 Å². The van der Waals surface area contributed by atoms with Crippen molar-refractivity contribution in [3.8, 4) is 0 Å². The Morgan fingerprint density at radius 2 is 2.12 bits per heavy atom. The summed E-state index contributed by atoms with van der Waals surface area (Å²) in [4.78, 5) is 22.3. The van der Waals surface area contributed by atoms with Gasteiger partial charge in [-0.3, -0.25) is 4.79 Å². The quantitative estimate of drug-likeness (QED) is 0.631. The van der Waals surface area contributed by atoms with Crippen molar-refractivity contribution in [3.63, 3.8) is 0 Å². The topological polar surface area (TPSA) is 75.6 Å². The van der Waals surface area contributed by atoms with E-state index in [1.54, 1.807) is 26.2 Å². The Hall–Kier alpha value is -1.36. The first-order chi connectivity index (χ1) is 8.01. The van der Waals surface area contributed by atoms with Gasteiger partial charge in [-0.25, -0.2) is 4.79 Å². The summed E-state index contributed by atoms with van der Waals surface area (Å²) in [5, 5.41) is 11.4. The Kier molecular flexibility index (Phi) is 8.05. The lowest BCUT2D eigenvalue weighted by Crippen LogP contribution is -2.40. The van der Waals surface area contributed by atoms with Crippen LogP contribution in [0.1, 0.15) is 33.1 Å². The smallest absolute Gasteiger partial charge is 0.326 e. The number of carbonyl (C=O) groups is 2. The van der Waals surface area contributed by atoms with Gasteiger partial charge in [-0.05, 0) is 26.7 Å². The van der Waals surface area contributed by atoms with Gasteiger partial charge in [0.05, 0.1) is 6.10 Å². The van der Waals surface area contributed by atoms with Crippen LogP contribution in [0.4, 0.5) is 0 Å². The molecule has 0 aromatic carbocycles. The maximum absolute atomic E-state index is 11.5. The van der Waals surface area contributed by atoms with E-state index in [1.807, 2.05) is 6.92 Å². The largest absolute Gasteiger partial charge is 0.480 e. The van der Waals surface area contributed by atoms with Crippen molar-refractivity contribution >= 4 is 11.9 Å². The van der Waals surface area contributed by atoms with Crippen LogP contribution in [-0.4, -0.2) is 36.2 Å². The number of hydrogen-bond donors (Lipinski definition) is 2. The van der Waals surface area contributed by atoms with E-state index >= 15 is 0 Å². The van der Waals surface area contributed by atoms with Crippen LogP contribution in [0, 0.1) is 0 Å². The lowest BCUT2D eigenvalue weighted by Gasteiger charge is -2.14. The number of ether oxygens (including phenoxy) is 1. The van der Waals surface area contributed by atoms with Crippen LogP contribution >= 0.6 is 0 Å². The summed E-state index contributed by atoms with van der Waals surface area (Å²) in [6.45, 7) is 3.67. The van der Waals surface area contributed by atoms with Gasteiger partial charge < -0.3 is 15.2 Å². The van der Waals surface area contributed by atoms with Crippen molar-refractivity contribution in [3.05, 3.63) is 12.2 Å². The maximum atomic E-state index is 11.5. The van der Waals surface area contributed by atoms with Crippen molar-refractivity contribution in [1.82, 2.24) is 5.32 Å². The summed E-state index contributed by atoms with van der Waals surface area (Å²) in [6, 6.07) is -0.850. The van der Waals surface area contributed by atoms with Gasteiger partial charge in [-0.1, -0.05) is 12.2 Å². The fraction of sp³-hybridized carbons (Fsp3) is 0.667. The first-order valence-corrected chi connectivity index (χ1v) is 5.67. The Bertz CT molecular complexity index is 276. The molecule has 0 aromatic rings. The number of carbonyl (C=O) groups excluding carboxylic acids is 1. The SMILES string of the molecule is C/C=C/CC(NC(=O)CCC(C)OC)C(=O)O. The van der Waals surface area contributed by atoms with E-state index in [0.717, 1.165) is 0 Å². The molecule has 5 heteroatoms. The van der Waals surface area contributed by atoms with E-state index in [2.05, 4.69) is 5.32 Å². The van der Waals surface area contributed by atoms with Gasteiger partial charge in [0, 0.05) is 13.5 Å². The minimum Gasteiger partial charge on any atom is -0.480 e. The molecule has 0 rings (SSSR count). The molecule has 0 saturated heterocycles. The van der Waals surface area contributed by atoms with Crippen molar-refractivity contribution in [1.29, 1.82) is 0 Å². The van der Waals surface area contributed by atoms with Gasteiger partial charge in [0.25, 0.3) is 0 Å². The lowest BCUT2D eigenvalue weighted by atomic mass is 10.1. The third kappa shape index (κ3) is 7.52. The molecule has 0 radical (unpaired) electrons. The summed E-state index contributed by atoms with van der Waals surface area (Å²) in [5.74, 6) is -1.28. The molecule has 0 saturated carbocycles. The molecule has 1 amide bonds. The highest BCUT2D eigenvalue weighted by Crippen LogP contribution is 2.01. The van der Waals surface area contributed by atoms with Gasteiger partial charge >= 0.3 is 5.97 Å². The number of carboxylic acids is 1. The second-order valence-electron chi connectivity index (χ2n) is 3.85. The summed E-state index contributed by atoms with van der Waals surface area (Å²) in [7, 11) is 1.58. The first kappa shape index (κ1) is 15.6. The van der Waals surface area contributed by atoms with Gasteiger partial charge in [0.2, 0.25) is 5.91 Å². The fourth-order valence-corrected chi connectivity index (χ4v) is 1.21. The molecule has 2 unspecified atom stereocenters. The molecule has 0 aliphatic heterocycles. The molecule has 2 atom stereocenters. The maximum Gasteiger partial charge on any atom is 0.326 e. The third-order valence-corrected chi connectivity index (χ3v) is 2.42. The highest BCUT2D eigenvalue weighted by Gasteiger charge is 2.18. The van der Waals surface area contributed by atoms with Gasteiger partial charge in [0.1, 0.15) is 6.04 Å². The van der Waals surface area contributed by atoms with E-state index in [9.17, 15) is 9.59 Å². The highest BCUT2D eigenvalue weighted by molar-refractivity contribution is 5.83. The van der Waals surface area contributed by atoms with Gasteiger partial charge in [-0.15, -0.1) is 0 Å². The summed E-state index contributed by atoms with van der Waals surface area (Å²) in [6.07, 6.45) is 4.63. The zero-order valence-electron chi connectivity index (χ0n) is 10.6. The Morgan fingerprint density at radius 3 is 2.59 bits per heavy atom. The van der Waals surface area contributed by atoms with E-state index < -0.39 is 12.0 Å². The molecule has 0 spiro atoms. The fourth-order valence-electron chi connectivity index (χ4n) is 1.21. The second-order valence-corrected chi connectivity index (χ2v) is 3.85. The Labute approximate surface area is 102 Å². The van der Waals surface area contributed by atoms with Crippen LogP contribution in [0.2, 0.25) is 0 Å². The lowest BCUT2D eigenvalue weighted by molar-refractivity contribution is -0.141. The number of nitrogens with one attached hydrogen (secondary N) is 1. The second kappa shape index (κ2) is 8.75. The molecule has 5 nitrogen and oxygen atoms in total. The van der Waals surface area contributed by atoms with E-state index in [4.69, 9.17) is 9.84 Å². The third-order valence-electron chi connectivity index (χ3n) is 2.42.